The summed E-state index contributed by atoms with van der Waals surface area (Å²) >= 11 is 0. The summed E-state index contributed by atoms with van der Waals surface area (Å²) in [7, 11) is 2.72. The minimum atomic E-state index is 0.874. The fourth-order valence-electron chi connectivity index (χ4n) is 5.87. The Hall–Kier alpha value is 0.0649. The van der Waals surface area contributed by atoms with E-state index in [4.69, 9.17) is 0 Å². The standard InChI is InChI=1S/C22H42B/c1-15(2)21-9-7-17(5)11-19(21)13-23-14-20-12-18(6)8-10-22(20)16(3)4/h15-22H,7-14H2,1-6H3/t17-,18-,19-,20-,21+,22+/m1/s1. The molecule has 2 aliphatic rings. The van der Waals surface area contributed by atoms with Crippen LogP contribution in [0.15, 0.2) is 0 Å². The molecule has 6 atom stereocenters. The van der Waals surface area contributed by atoms with Crippen molar-refractivity contribution in [1.82, 2.24) is 0 Å². The number of hydrogen-bond donors (Lipinski definition) is 0. The van der Waals surface area contributed by atoms with Crippen LogP contribution in [-0.2, 0) is 0 Å². The molecule has 0 spiro atoms. The molecule has 0 aromatic rings. The van der Waals surface area contributed by atoms with Gasteiger partial charge in [-0.05, 0) is 73.0 Å². The van der Waals surface area contributed by atoms with Crippen molar-refractivity contribution < 1.29 is 0 Å². The molecule has 0 bridgehead atoms. The summed E-state index contributed by atoms with van der Waals surface area (Å²) in [6.45, 7) is 14.7. The van der Waals surface area contributed by atoms with Gasteiger partial charge >= 0.3 is 0 Å². The lowest BCUT2D eigenvalue weighted by Crippen LogP contribution is -2.31. The molecule has 0 heterocycles. The van der Waals surface area contributed by atoms with Crippen LogP contribution in [0.25, 0.3) is 0 Å². The van der Waals surface area contributed by atoms with Gasteiger partial charge in [0.15, 0.2) is 0 Å². The molecule has 0 N–H and O–H groups in total. The minimum Gasteiger partial charge on any atom is -0.0772 e. The van der Waals surface area contributed by atoms with Gasteiger partial charge in [0.1, 0.15) is 7.28 Å². The van der Waals surface area contributed by atoms with E-state index in [2.05, 4.69) is 48.8 Å². The normalized spacial score (nSPS) is 39.0. The first-order valence-corrected chi connectivity index (χ1v) is 10.7. The van der Waals surface area contributed by atoms with Crippen LogP contribution in [0.2, 0.25) is 12.6 Å². The van der Waals surface area contributed by atoms with E-state index in [0.717, 1.165) is 47.3 Å². The zero-order chi connectivity index (χ0) is 17.0. The zero-order valence-electron chi connectivity index (χ0n) is 16.9. The Bertz CT molecular complexity index is 303. The summed E-state index contributed by atoms with van der Waals surface area (Å²) in [5.74, 6) is 7.57. The van der Waals surface area contributed by atoms with Crippen LogP contribution in [0.5, 0.6) is 0 Å². The second-order valence-corrected chi connectivity index (χ2v) is 9.93. The molecule has 0 saturated heterocycles. The summed E-state index contributed by atoms with van der Waals surface area (Å²) in [6.07, 6.45) is 11.6. The number of rotatable bonds is 6. The molecule has 23 heavy (non-hydrogen) atoms. The third-order valence-corrected chi connectivity index (χ3v) is 7.26. The summed E-state index contributed by atoms with van der Waals surface area (Å²) < 4.78 is 0. The molecule has 2 rings (SSSR count). The van der Waals surface area contributed by atoms with Gasteiger partial charge in [0.25, 0.3) is 0 Å². The van der Waals surface area contributed by atoms with Crippen LogP contribution in [0.3, 0.4) is 0 Å². The van der Waals surface area contributed by atoms with Gasteiger partial charge in [-0.15, -0.1) is 0 Å². The average molecular weight is 317 g/mol. The van der Waals surface area contributed by atoms with Crippen LogP contribution < -0.4 is 0 Å². The van der Waals surface area contributed by atoms with Gasteiger partial charge in [0, 0.05) is 0 Å². The Balaban J connectivity index is 1.83. The minimum absolute atomic E-state index is 0.874. The highest BCUT2D eigenvalue weighted by Gasteiger charge is 2.33. The molecule has 133 valence electrons. The van der Waals surface area contributed by atoms with E-state index in [9.17, 15) is 0 Å². The van der Waals surface area contributed by atoms with E-state index >= 15 is 0 Å². The maximum absolute atomic E-state index is 2.72. The predicted molar refractivity (Wildman–Crippen MR) is 105 cm³/mol. The maximum atomic E-state index is 2.72. The molecule has 0 aromatic carbocycles. The quantitative estimate of drug-likeness (QED) is 0.465. The van der Waals surface area contributed by atoms with E-state index in [0.29, 0.717) is 0 Å². The fraction of sp³-hybridized carbons (Fsp3) is 1.00. The van der Waals surface area contributed by atoms with E-state index < -0.39 is 0 Å². The number of hydrogen-bond acceptors (Lipinski definition) is 0. The molecular formula is C22H42B. The first-order chi connectivity index (χ1) is 10.9. The Morgan fingerprint density at radius 2 is 1.09 bits per heavy atom. The second kappa shape index (κ2) is 8.96. The van der Waals surface area contributed by atoms with Crippen molar-refractivity contribution in [3.63, 3.8) is 0 Å². The van der Waals surface area contributed by atoms with Crippen molar-refractivity contribution >= 4 is 7.28 Å². The average Bonchev–Trinajstić information content (AvgIpc) is 2.46. The van der Waals surface area contributed by atoms with Gasteiger partial charge in [-0.25, -0.2) is 0 Å². The largest absolute Gasteiger partial charge is 0.110 e. The topological polar surface area (TPSA) is 0 Å². The Kier molecular flexibility index (Phi) is 7.55. The first-order valence-electron chi connectivity index (χ1n) is 10.7. The van der Waals surface area contributed by atoms with Gasteiger partial charge in [-0.3, -0.25) is 0 Å². The van der Waals surface area contributed by atoms with Crippen LogP contribution in [0.4, 0.5) is 0 Å². The van der Waals surface area contributed by atoms with Crippen molar-refractivity contribution in [2.45, 2.75) is 92.7 Å². The lowest BCUT2D eigenvalue weighted by Gasteiger charge is -2.39. The molecule has 0 unspecified atom stereocenters. The first kappa shape index (κ1) is 19.4. The molecule has 2 aliphatic carbocycles. The Labute approximate surface area is 147 Å². The van der Waals surface area contributed by atoms with Crippen molar-refractivity contribution in [2.75, 3.05) is 0 Å². The molecule has 0 amide bonds. The van der Waals surface area contributed by atoms with E-state index in [-0.39, 0.29) is 0 Å². The molecule has 2 fully saturated rings. The van der Waals surface area contributed by atoms with Crippen molar-refractivity contribution in [2.24, 2.45) is 47.3 Å². The molecule has 0 nitrogen and oxygen atoms in total. The van der Waals surface area contributed by atoms with Gasteiger partial charge in [-0.1, -0.05) is 67.0 Å². The smallest absolute Gasteiger partial charge is 0.0772 e. The van der Waals surface area contributed by atoms with Crippen molar-refractivity contribution in [3.8, 4) is 0 Å². The third-order valence-electron chi connectivity index (χ3n) is 7.26. The Morgan fingerprint density at radius 1 is 0.696 bits per heavy atom. The molecule has 0 aromatic heterocycles. The lowest BCUT2D eigenvalue weighted by atomic mass is 9.54. The van der Waals surface area contributed by atoms with Crippen molar-refractivity contribution in [1.29, 1.82) is 0 Å². The highest BCUT2D eigenvalue weighted by atomic mass is 14.4. The second-order valence-electron chi connectivity index (χ2n) is 9.93. The van der Waals surface area contributed by atoms with Gasteiger partial charge < -0.3 is 0 Å². The van der Waals surface area contributed by atoms with Crippen LogP contribution in [0, 0.1) is 47.3 Å². The van der Waals surface area contributed by atoms with Crippen LogP contribution in [0.1, 0.15) is 80.1 Å². The van der Waals surface area contributed by atoms with Crippen molar-refractivity contribution in [3.05, 3.63) is 0 Å². The summed E-state index contributed by atoms with van der Waals surface area (Å²) in [4.78, 5) is 0. The van der Waals surface area contributed by atoms with Gasteiger partial charge in [-0.2, -0.15) is 0 Å². The summed E-state index contributed by atoms with van der Waals surface area (Å²) in [5.41, 5.74) is 0. The zero-order valence-corrected chi connectivity index (χ0v) is 16.9. The lowest BCUT2D eigenvalue weighted by molar-refractivity contribution is 0.152. The summed E-state index contributed by atoms with van der Waals surface area (Å²) in [5, 5.41) is 0. The van der Waals surface area contributed by atoms with E-state index in [1.54, 1.807) is 0 Å². The highest BCUT2D eigenvalue weighted by Crippen LogP contribution is 2.42. The maximum Gasteiger partial charge on any atom is 0.110 e. The van der Waals surface area contributed by atoms with Gasteiger partial charge in [0.05, 0.1) is 0 Å². The van der Waals surface area contributed by atoms with Crippen LogP contribution in [-0.4, -0.2) is 7.28 Å². The molecular weight excluding hydrogens is 275 g/mol. The van der Waals surface area contributed by atoms with Gasteiger partial charge in [0.2, 0.25) is 0 Å². The van der Waals surface area contributed by atoms with E-state index in [1.807, 2.05) is 0 Å². The molecule has 0 aliphatic heterocycles. The molecule has 1 heteroatoms. The summed E-state index contributed by atoms with van der Waals surface area (Å²) in [6, 6.07) is 0. The Morgan fingerprint density at radius 3 is 1.43 bits per heavy atom. The SMILES string of the molecule is CC(C)[C@@H]1CC[C@@H](C)C[C@@H]1C[B]C[C@H]1C[C@H](C)CC[C@H]1C(C)C. The third kappa shape index (κ3) is 5.53. The predicted octanol–water partition coefficient (Wildman–Crippen LogP) is 6.94. The fourth-order valence-corrected chi connectivity index (χ4v) is 5.87. The van der Waals surface area contributed by atoms with Crippen LogP contribution >= 0.6 is 0 Å². The molecule has 2 saturated carbocycles. The molecule has 1 radical (unpaired) electrons. The highest BCUT2D eigenvalue weighted by molar-refractivity contribution is 6.35. The van der Waals surface area contributed by atoms with E-state index in [1.165, 1.54) is 51.2 Å². The monoisotopic (exact) mass is 317 g/mol.